The Hall–Kier alpha value is -1.53. The predicted molar refractivity (Wildman–Crippen MR) is 79.7 cm³/mol. The number of fused-ring (bicyclic) bond motifs is 1. The number of likely N-dealkylation sites (N-methyl/N-ethyl adjacent to an activating group) is 1. The van der Waals surface area contributed by atoms with E-state index in [1.54, 1.807) is 18.4 Å². The highest BCUT2D eigenvalue weighted by Gasteiger charge is 2.43. The number of benzene rings is 1. The number of nitrogens with zero attached hydrogens (tertiary/aromatic N) is 1. The smallest absolute Gasteiger partial charge is 0.262 e. The fourth-order valence-corrected chi connectivity index (χ4v) is 3.60. The van der Waals surface area contributed by atoms with Gasteiger partial charge in [0.1, 0.15) is 0 Å². The Bertz CT molecular complexity index is 670. The molecule has 2 heterocycles. The Morgan fingerprint density at radius 1 is 1.48 bits per heavy atom. The molecule has 1 unspecified atom stereocenters. The van der Waals surface area contributed by atoms with Crippen molar-refractivity contribution in [3.8, 4) is 0 Å². The van der Waals surface area contributed by atoms with Gasteiger partial charge in [0.05, 0.1) is 12.6 Å². The second-order valence-corrected chi connectivity index (χ2v) is 6.36. The zero-order valence-electron chi connectivity index (χ0n) is 11.6. The lowest BCUT2D eigenvalue weighted by atomic mass is 10.1. The molecule has 1 aliphatic rings. The SMILES string of the molecule is CN(Cc1csc2ccccc12)C(=O)C1CC(F)(F)CN1. The van der Waals surface area contributed by atoms with Crippen molar-refractivity contribution < 1.29 is 13.6 Å². The van der Waals surface area contributed by atoms with Gasteiger partial charge in [0.25, 0.3) is 5.92 Å². The zero-order chi connectivity index (χ0) is 15.0. The number of carbonyl (C=O) groups is 1. The Kier molecular flexibility index (Phi) is 3.67. The van der Waals surface area contributed by atoms with Gasteiger partial charge < -0.3 is 4.90 Å². The number of hydrogen-bond acceptors (Lipinski definition) is 3. The van der Waals surface area contributed by atoms with Gasteiger partial charge in [0.2, 0.25) is 5.91 Å². The first-order chi connectivity index (χ1) is 9.96. The van der Waals surface area contributed by atoms with Crippen molar-refractivity contribution in [2.45, 2.75) is 24.9 Å². The second kappa shape index (κ2) is 5.35. The van der Waals surface area contributed by atoms with E-state index in [4.69, 9.17) is 0 Å². The normalized spacial score (nSPS) is 20.8. The van der Waals surface area contributed by atoms with Crippen molar-refractivity contribution >= 4 is 27.3 Å². The number of halogens is 2. The van der Waals surface area contributed by atoms with E-state index in [2.05, 4.69) is 5.32 Å². The first-order valence-corrected chi connectivity index (χ1v) is 7.65. The number of amides is 1. The first kappa shape index (κ1) is 14.4. The van der Waals surface area contributed by atoms with Crippen molar-refractivity contribution in [2.24, 2.45) is 0 Å². The van der Waals surface area contributed by atoms with Gasteiger partial charge in [-0.25, -0.2) is 8.78 Å². The van der Waals surface area contributed by atoms with Crippen molar-refractivity contribution in [1.29, 1.82) is 0 Å². The average molecular weight is 310 g/mol. The van der Waals surface area contributed by atoms with Crippen LogP contribution in [0.2, 0.25) is 0 Å². The van der Waals surface area contributed by atoms with Crippen LogP contribution in [0.3, 0.4) is 0 Å². The van der Waals surface area contributed by atoms with Crippen LogP contribution >= 0.6 is 11.3 Å². The second-order valence-electron chi connectivity index (χ2n) is 5.44. The number of thiophene rings is 1. The van der Waals surface area contributed by atoms with Crippen LogP contribution in [-0.2, 0) is 11.3 Å². The predicted octanol–water partition coefficient (Wildman–Crippen LogP) is 2.86. The quantitative estimate of drug-likeness (QED) is 0.945. The molecule has 1 N–H and O–H groups in total. The summed E-state index contributed by atoms with van der Waals surface area (Å²) in [6.45, 7) is 0.0191. The summed E-state index contributed by atoms with van der Waals surface area (Å²) in [5.74, 6) is -3.06. The Morgan fingerprint density at radius 3 is 2.95 bits per heavy atom. The number of rotatable bonds is 3. The van der Waals surface area contributed by atoms with Crippen molar-refractivity contribution in [1.82, 2.24) is 10.2 Å². The van der Waals surface area contributed by atoms with Gasteiger partial charge in [0, 0.05) is 24.7 Å². The summed E-state index contributed by atoms with van der Waals surface area (Å²) < 4.78 is 27.5. The van der Waals surface area contributed by atoms with Crippen LogP contribution in [0.4, 0.5) is 8.78 Å². The molecule has 1 saturated heterocycles. The Balaban J connectivity index is 1.71. The summed E-state index contributed by atoms with van der Waals surface area (Å²) in [4.78, 5) is 13.8. The van der Waals surface area contributed by atoms with E-state index in [1.165, 1.54) is 9.60 Å². The van der Waals surface area contributed by atoms with Crippen LogP contribution in [0.15, 0.2) is 29.6 Å². The van der Waals surface area contributed by atoms with E-state index in [1.807, 2.05) is 29.6 Å². The summed E-state index contributed by atoms with van der Waals surface area (Å²) in [6, 6.07) is 7.20. The third kappa shape index (κ3) is 2.91. The third-order valence-corrected chi connectivity index (χ3v) is 4.77. The van der Waals surface area contributed by atoms with E-state index in [0.717, 1.165) is 10.9 Å². The van der Waals surface area contributed by atoms with Crippen LogP contribution in [0.25, 0.3) is 10.1 Å². The van der Waals surface area contributed by atoms with Crippen LogP contribution in [-0.4, -0.2) is 36.4 Å². The highest BCUT2D eigenvalue weighted by atomic mass is 32.1. The molecule has 1 amide bonds. The van der Waals surface area contributed by atoms with Crippen molar-refractivity contribution in [2.75, 3.05) is 13.6 Å². The standard InChI is InChI=1S/C15H16F2N2OS/c1-19(14(20)12-6-15(16,17)9-18-12)7-10-8-21-13-5-3-2-4-11(10)13/h2-5,8,12,18H,6-7,9H2,1H3. The Labute approximate surface area is 125 Å². The lowest BCUT2D eigenvalue weighted by Crippen LogP contribution is -2.41. The summed E-state index contributed by atoms with van der Waals surface area (Å²) in [5.41, 5.74) is 1.05. The molecule has 6 heteroatoms. The number of carbonyl (C=O) groups excluding carboxylic acids is 1. The number of alkyl halides is 2. The van der Waals surface area contributed by atoms with Crippen molar-refractivity contribution in [3.63, 3.8) is 0 Å². The Morgan fingerprint density at radius 2 is 2.24 bits per heavy atom. The van der Waals surface area contributed by atoms with Gasteiger partial charge in [-0.05, 0) is 22.4 Å². The molecule has 0 radical (unpaired) electrons. The molecular formula is C15H16F2N2OS. The fraction of sp³-hybridized carbons (Fsp3) is 0.400. The molecule has 1 atom stereocenters. The van der Waals surface area contributed by atoms with E-state index in [9.17, 15) is 13.6 Å². The first-order valence-electron chi connectivity index (χ1n) is 6.77. The maximum atomic E-state index is 13.2. The monoisotopic (exact) mass is 310 g/mol. The molecular weight excluding hydrogens is 294 g/mol. The molecule has 21 heavy (non-hydrogen) atoms. The van der Waals surface area contributed by atoms with E-state index < -0.39 is 24.9 Å². The molecule has 0 aliphatic carbocycles. The molecule has 1 aliphatic heterocycles. The maximum absolute atomic E-state index is 13.2. The topological polar surface area (TPSA) is 32.3 Å². The van der Waals surface area contributed by atoms with Crippen LogP contribution in [0, 0.1) is 0 Å². The molecule has 1 fully saturated rings. The molecule has 0 spiro atoms. The van der Waals surface area contributed by atoms with E-state index in [0.29, 0.717) is 6.54 Å². The summed E-state index contributed by atoms with van der Waals surface area (Å²) >= 11 is 1.63. The summed E-state index contributed by atoms with van der Waals surface area (Å²) in [6.07, 6.45) is -0.416. The summed E-state index contributed by atoms with van der Waals surface area (Å²) in [5, 5.41) is 5.74. The van der Waals surface area contributed by atoms with Gasteiger partial charge in [-0.2, -0.15) is 0 Å². The molecule has 2 aromatic rings. The van der Waals surface area contributed by atoms with E-state index >= 15 is 0 Å². The number of nitrogens with one attached hydrogen (secondary N) is 1. The van der Waals surface area contributed by atoms with Crippen LogP contribution in [0.1, 0.15) is 12.0 Å². The molecule has 3 rings (SSSR count). The molecule has 112 valence electrons. The van der Waals surface area contributed by atoms with Crippen molar-refractivity contribution in [3.05, 3.63) is 35.2 Å². The maximum Gasteiger partial charge on any atom is 0.262 e. The van der Waals surface area contributed by atoms with Gasteiger partial charge >= 0.3 is 0 Å². The van der Waals surface area contributed by atoms with Gasteiger partial charge in [0.15, 0.2) is 0 Å². The molecule has 3 nitrogen and oxygen atoms in total. The van der Waals surface area contributed by atoms with Gasteiger partial charge in [-0.1, -0.05) is 18.2 Å². The third-order valence-electron chi connectivity index (χ3n) is 3.75. The fourth-order valence-electron chi connectivity index (χ4n) is 2.64. The minimum Gasteiger partial charge on any atom is -0.340 e. The largest absolute Gasteiger partial charge is 0.340 e. The molecule has 1 aromatic heterocycles. The molecule has 1 aromatic carbocycles. The molecule has 0 bridgehead atoms. The highest BCUT2D eigenvalue weighted by Crippen LogP contribution is 2.28. The highest BCUT2D eigenvalue weighted by molar-refractivity contribution is 7.17. The minimum absolute atomic E-state index is 0.276. The van der Waals surface area contributed by atoms with Crippen LogP contribution < -0.4 is 5.32 Å². The lowest BCUT2D eigenvalue weighted by molar-refractivity contribution is -0.132. The van der Waals surface area contributed by atoms with E-state index in [-0.39, 0.29) is 5.91 Å². The zero-order valence-corrected chi connectivity index (χ0v) is 12.4. The average Bonchev–Trinajstić information content (AvgIpc) is 3.02. The van der Waals surface area contributed by atoms with Gasteiger partial charge in [-0.3, -0.25) is 10.1 Å². The molecule has 0 saturated carbocycles. The summed E-state index contributed by atoms with van der Waals surface area (Å²) in [7, 11) is 1.66. The minimum atomic E-state index is -2.78. The number of hydrogen-bond donors (Lipinski definition) is 1. The van der Waals surface area contributed by atoms with Gasteiger partial charge in [-0.15, -0.1) is 11.3 Å². The van der Waals surface area contributed by atoms with Crippen LogP contribution in [0.5, 0.6) is 0 Å². The lowest BCUT2D eigenvalue weighted by Gasteiger charge is -2.21.